The third-order valence-corrected chi connectivity index (χ3v) is 2.03. The van der Waals surface area contributed by atoms with E-state index in [1.165, 1.54) is 4.68 Å². The van der Waals surface area contributed by atoms with E-state index in [-0.39, 0.29) is 23.9 Å². The van der Waals surface area contributed by atoms with Gasteiger partial charge in [-0.25, -0.2) is 9.48 Å². The Balaban J connectivity index is 2.37. The largest absolute Gasteiger partial charge is 0.461 e. The first-order valence-electron chi connectivity index (χ1n) is 4.63. The number of carbonyl (C=O) groups is 2. The highest BCUT2D eigenvalue weighted by molar-refractivity contribution is 6.03. The number of aromatic nitrogens is 3. The first kappa shape index (κ1) is 9.63. The molecular formula is C8H10N4O3. The van der Waals surface area contributed by atoms with Gasteiger partial charge in [0.25, 0.3) is 5.91 Å². The van der Waals surface area contributed by atoms with Gasteiger partial charge in [-0.2, -0.15) is 0 Å². The van der Waals surface area contributed by atoms with E-state index in [0.29, 0.717) is 13.1 Å². The molecule has 0 aromatic carbocycles. The van der Waals surface area contributed by atoms with E-state index in [4.69, 9.17) is 4.74 Å². The predicted octanol–water partition coefficient (Wildman–Crippen LogP) is -0.802. The molecule has 0 bridgehead atoms. The van der Waals surface area contributed by atoms with Crippen LogP contribution in [0.4, 0.5) is 0 Å². The van der Waals surface area contributed by atoms with Gasteiger partial charge in [0.2, 0.25) is 5.69 Å². The van der Waals surface area contributed by atoms with Crippen LogP contribution in [0, 0.1) is 0 Å². The number of rotatable bonds is 2. The SMILES string of the molecule is CCOC(=O)c1nnn2c1C(=O)NCC2. The zero-order valence-corrected chi connectivity index (χ0v) is 8.19. The summed E-state index contributed by atoms with van der Waals surface area (Å²) in [5.74, 6) is -0.954. The molecule has 0 aliphatic carbocycles. The van der Waals surface area contributed by atoms with Crippen LogP contribution in [-0.2, 0) is 11.3 Å². The molecule has 0 saturated carbocycles. The fourth-order valence-corrected chi connectivity index (χ4v) is 1.39. The van der Waals surface area contributed by atoms with Crippen molar-refractivity contribution in [2.75, 3.05) is 13.2 Å². The molecule has 7 heteroatoms. The highest BCUT2D eigenvalue weighted by Gasteiger charge is 2.28. The van der Waals surface area contributed by atoms with Gasteiger partial charge in [0, 0.05) is 6.54 Å². The Labute approximate surface area is 85.4 Å². The molecule has 7 nitrogen and oxygen atoms in total. The van der Waals surface area contributed by atoms with Crippen LogP contribution in [0.1, 0.15) is 27.9 Å². The first-order chi connectivity index (χ1) is 7.24. The summed E-state index contributed by atoms with van der Waals surface area (Å²) in [7, 11) is 0. The van der Waals surface area contributed by atoms with Crippen LogP contribution < -0.4 is 5.32 Å². The molecule has 0 saturated heterocycles. The molecule has 0 spiro atoms. The smallest absolute Gasteiger partial charge is 0.361 e. The summed E-state index contributed by atoms with van der Waals surface area (Å²) in [5.41, 5.74) is 0.161. The average molecular weight is 210 g/mol. The maximum absolute atomic E-state index is 11.5. The Morgan fingerprint density at radius 3 is 3.20 bits per heavy atom. The summed E-state index contributed by atoms with van der Waals surface area (Å²) in [5, 5.41) is 9.97. The molecule has 0 atom stereocenters. The minimum atomic E-state index is -0.615. The highest BCUT2D eigenvalue weighted by Crippen LogP contribution is 2.09. The lowest BCUT2D eigenvalue weighted by molar-refractivity contribution is 0.0515. The van der Waals surface area contributed by atoms with E-state index >= 15 is 0 Å². The zero-order chi connectivity index (χ0) is 10.8. The summed E-state index contributed by atoms with van der Waals surface area (Å²) in [4.78, 5) is 22.9. The molecule has 1 amide bonds. The van der Waals surface area contributed by atoms with Crippen molar-refractivity contribution in [2.24, 2.45) is 0 Å². The number of fused-ring (bicyclic) bond motifs is 1. The fourth-order valence-electron chi connectivity index (χ4n) is 1.39. The normalized spacial score (nSPS) is 14.3. The molecule has 1 aliphatic rings. The van der Waals surface area contributed by atoms with Crippen LogP contribution in [0.3, 0.4) is 0 Å². The van der Waals surface area contributed by atoms with Crippen LogP contribution in [0.15, 0.2) is 0 Å². The van der Waals surface area contributed by atoms with Gasteiger partial charge in [0.05, 0.1) is 13.2 Å². The summed E-state index contributed by atoms with van der Waals surface area (Å²) >= 11 is 0. The minimum Gasteiger partial charge on any atom is -0.461 e. The lowest BCUT2D eigenvalue weighted by Crippen LogP contribution is -2.36. The predicted molar refractivity (Wildman–Crippen MR) is 48.3 cm³/mol. The quantitative estimate of drug-likeness (QED) is 0.646. The van der Waals surface area contributed by atoms with Crippen molar-refractivity contribution in [3.05, 3.63) is 11.4 Å². The average Bonchev–Trinajstić information content (AvgIpc) is 2.63. The molecule has 1 aromatic rings. The van der Waals surface area contributed by atoms with Crippen molar-refractivity contribution in [1.29, 1.82) is 0 Å². The summed E-state index contributed by atoms with van der Waals surface area (Å²) < 4.78 is 6.17. The van der Waals surface area contributed by atoms with Crippen LogP contribution in [0.5, 0.6) is 0 Å². The number of esters is 1. The molecule has 1 N–H and O–H groups in total. The van der Waals surface area contributed by atoms with Crippen LogP contribution in [0.25, 0.3) is 0 Å². The summed E-state index contributed by atoms with van der Waals surface area (Å²) in [6, 6.07) is 0. The van der Waals surface area contributed by atoms with Crippen molar-refractivity contribution in [3.8, 4) is 0 Å². The lowest BCUT2D eigenvalue weighted by Gasteiger charge is -2.13. The number of hydrogen-bond acceptors (Lipinski definition) is 5. The third kappa shape index (κ3) is 1.56. The van der Waals surface area contributed by atoms with E-state index in [1.54, 1.807) is 6.92 Å². The maximum Gasteiger partial charge on any atom is 0.361 e. The van der Waals surface area contributed by atoms with Crippen molar-refractivity contribution in [1.82, 2.24) is 20.3 Å². The first-order valence-corrected chi connectivity index (χ1v) is 4.63. The summed E-state index contributed by atoms with van der Waals surface area (Å²) in [6.45, 7) is 2.95. The monoisotopic (exact) mass is 210 g/mol. The van der Waals surface area contributed by atoms with Crippen LogP contribution in [0.2, 0.25) is 0 Å². The number of ether oxygens (including phenoxy) is 1. The van der Waals surface area contributed by atoms with Crippen molar-refractivity contribution in [3.63, 3.8) is 0 Å². The van der Waals surface area contributed by atoms with E-state index in [1.807, 2.05) is 0 Å². The number of hydrogen-bond donors (Lipinski definition) is 1. The molecule has 0 unspecified atom stereocenters. The van der Waals surface area contributed by atoms with Gasteiger partial charge in [-0.05, 0) is 6.92 Å². The number of nitrogens with one attached hydrogen (secondary N) is 1. The third-order valence-electron chi connectivity index (χ3n) is 2.03. The van der Waals surface area contributed by atoms with Gasteiger partial charge in [-0.3, -0.25) is 4.79 Å². The van der Waals surface area contributed by atoms with Gasteiger partial charge < -0.3 is 10.1 Å². The van der Waals surface area contributed by atoms with E-state index < -0.39 is 5.97 Å². The van der Waals surface area contributed by atoms with E-state index in [0.717, 1.165) is 0 Å². The van der Waals surface area contributed by atoms with Crippen molar-refractivity contribution >= 4 is 11.9 Å². The molecule has 80 valence electrons. The van der Waals surface area contributed by atoms with Gasteiger partial charge in [-0.15, -0.1) is 5.10 Å². The summed E-state index contributed by atoms with van der Waals surface area (Å²) in [6.07, 6.45) is 0. The Bertz CT molecular complexity index is 412. The van der Waals surface area contributed by atoms with E-state index in [2.05, 4.69) is 15.6 Å². The van der Waals surface area contributed by atoms with Crippen molar-refractivity contribution < 1.29 is 14.3 Å². The van der Waals surface area contributed by atoms with Gasteiger partial charge >= 0.3 is 5.97 Å². The standard InChI is InChI=1S/C8H10N4O3/c1-2-15-8(14)5-6-7(13)9-3-4-12(6)11-10-5/h2-4H2,1H3,(H,9,13). The molecule has 1 aliphatic heterocycles. The fraction of sp³-hybridized carbons (Fsp3) is 0.500. The molecule has 2 heterocycles. The second kappa shape index (κ2) is 3.68. The number of nitrogens with zero attached hydrogens (tertiary/aromatic N) is 3. The molecule has 15 heavy (non-hydrogen) atoms. The zero-order valence-electron chi connectivity index (χ0n) is 8.19. The Morgan fingerprint density at radius 1 is 1.67 bits per heavy atom. The second-order valence-corrected chi connectivity index (χ2v) is 2.99. The molecule has 0 fully saturated rings. The molecular weight excluding hydrogens is 200 g/mol. The van der Waals surface area contributed by atoms with Gasteiger partial charge in [0.1, 0.15) is 0 Å². The second-order valence-electron chi connectivity index (χ2n) is 2.99. The van der Waals surface area contributed by atoms with Crippen molar-refractivity contribution in [2.45, 2.75) is 13.5 Å². The van der Waals surface area contributed by atoms with E-state index in [9.17, 15) is 9.59 Å². The van der Waals surface area contributed by atoms with Crippen LogP contribution in [-0.4, -0.2) is 40.0 Å². The maximum atomic E-state index is 11.5. The minimum absolute atomic E-state index is 0.0194. The Morgan fingerprint density at radius 2 is 2.47 bits per heavy atom. The lowest BCUT2D eigenvalue weighted by atomic mass is 10.2. The molecule has 1 aromatic heterocycles. The highest BCUT2D eigenvalue weighted by atomic mass is 16.5. The number of carbonyl (C=O) groups excluding carboxylic acids is 2. The molecule has 0 radical (unpaired) electrons. The van der Waals surface area contributed by atoms with Gasteiger partial charge in [0.15, 0.2) is 5.69 Å². The van der Waals surface area contributed by atoms with Crippen LogP contribution >= 0.6 is 0 Å². The Hall–Kier alpha value is -1.92. The molecule has 2 rings (SSSR count). The topological polar surface area (TPSA) is 86.1 Å². The van der Waals surface area contributed by atoms with Gasteiger partial charge in [-0.1, -0.05) is 5.21 Å². The number of amides is 1. The Kier molecular flexibility index (Phi) is 2.36.